The van der Waals surface area contributed by atoms with Crippen molar-refractivity contribution < 1.29 is 19.7 Å². The zero-order valence-corrected chi connectivity index (χ0v) is 11.7. The molecule has 4 nitrogen and oxygen atoms in total. The number of fused-ring (bicyclic) bond motifs is 3. The Morgan fingerprint density at radius 3 is 2.79 bits per heavy atom. The lowest BCUT2D eigenvalue weighted by Gasteiger charge is -2.55. The van der Waals surface area contributed by atoms with Crippen molar-refractivity contribution in [1.29, 1.82) is 0 Å². The summed E-state index contributed by atoms with van der Waals surface area (Å²) in [4.78, 5) is 11.8. The summed E-state index contributed by atoms with van der Waals surface area (Å²) in [5, 5.41) is 21.0. The van der Waals surface area contributed by atoms with Gasteiger partial charge in [-0.25, -0.2) is 0 Å². The lowest BCUT2D eigenvalue weighted by molar-refractivity contribution is -0.175. The molecule has 0 radical (unpaired) electrons. The highest BCUT2D eigenvalue weighted by atomic mass is 16.6. The third-order valence-electron chi connectivity index (χ3n) is 5.66. The van der Waals surface area contributed by atoms with Crippen molar-refractivity contribution in [3.8, 4) is 0 Å². The van der Waals surface area contributed by atoms with Gasteiger partial charge in [0.1, 0.15) is 6.10 Å². The zero-order valence-electron chi connectivity index (χ0n) is 11.7. The van der Waals surface area contributed by atoms with E-state index in [1.165, 1.54) is 0 Å². The lowest BCUT2D eigenvalue weighted by atomic mass is 9.52. The van der Waals surface area contributed by atoms with E-state index in [0.29, 0.717) is 0 Å². The van der Waals surface area contributed by atoms with E-state index in [0.717, 1.165) is 12.8 Å². The second-order valence-corrected chi connectivity index (χ2v) is 6.91. The molecule has 0 aromatic rings. The monoisotopic (exact) mass is 266 g/mol. The molecule has 19 heavy (non-hydrogen) atoms. The van der Waals surface area contributed by atoms with Crippen molar-refractivity contribution in [3.05, 3.63) is 12.2 Å². The molecule has 3 aliphatic rings. The van der Waals surface area contributed by atoms with Gasteiger partial charge in [-0.15, -0.1) is 0 Å². The topological polar surface area (TPSA) is 66.8 Å². The second-order valence-electron chi connectivity index (χ2n) is 6.91. The number of carbonyl (C=O) groups is 1. The Morgan fingerprint density at radius 1 is 1.42 bits per heavy atom. The van der Waals surface area contributed by atoms with E-state index < -0.39 is 17.1 Å². The Labute approximate surface area is 113 Å². The molecular formula is C15H22O4. The molecule has 7 atom stereocenters. The zero-order chi connectivity index (χ0) is 14.0. The number of hydrogen-bond donors (Lipinski definition) is 2. The molecule has 0 bridgehead atoms. The van der Waals surface area contributed by atoms with E-state index in [1.54, 1.807) is 19.1 Å². The summed E-state index contributed by atoms with van der Waals surface area (Å²) in [6, 6.07) is 0. The van der Waals surface area contributed by atoms with Crippen LogP contribution in [0.1, 0.15) is 33.6 Å². The Hall–Kier alpha value is -0.870. The number of esters is 1. The van der Waals surface area contributed by atoms with Gasteiger partial charge < -0.3 is 14.9 Å². The van der Waals surface area contributed by atoms with Crippen molar-refractivity contribution >= 4 is 5.97 Å². The average Bonchev–Trinajstić information content (AvgIpc) is 2.60. The smallest absolute Gasteiger partial charge is 0.309 e. The predicted molar refractivity (Wildman–Crippen MR) is 69.1 cm³/mol. The summed E-state index contributed by atoms with van der Waals surface area (Å²) in [5.74, 6) is -0.351. The molecule has 2 aliphatic carbocycles. The van der Waals surface area contributed by atoms with Gasteiger partial charge in [-0.1, -0.05) is 26.0 Å². The van der Waals surface area contributed by atoms with Crippen LogP contribution in [0.4, 0.5) is 0 Å². The molecule has 0 aromatic carbocycles. The molecule has 3 rings (SSSR count). The third-order valence-corrected chi connectivity index (χ3v) is 5.66. The van der Waals surface area contributed by atoms with Crippen LogP contribution in [-0.2, 0) is 9.53 Å². The maximum Gasteiger partial charge on any atom is 0.309 e. The first-order valence-corrected chi connectivity index (χ1v) is 7.07. The van der Waals surface area contributed by atoms with Gasteiger partial charge >= 0.3 is 5.97 Å². The van der Waals surface area contributed by atoms with E-state index in [9.17, 15) is 15.0 Å². The summed E-state index contributed by atoms with van der Waals surface area (Å²) in [7, 11) is 0. The van der Waals surface area contributed by atoms with E-state index >= 15 is 0 Å². The highest BCUT2D eigenvalue weighted by Gasteiger charge is 2.62. The summed E-state index contributed by atoms with van der Waals surface area (Å²) < 4.78 is 5.55. The van der Waals surface area contributed by atoms with Crippen LogP contribution in [0.25, 0.3) is 0 Å². The first-order valence-electron chi connectivity index (χ1n) is 7.07. The minimum Gasteiger partial charge on any atom is -0.461 e. The minimum atomic E-state index is -1.04. The van der Waals surface area contributed by atoms with E-state index in [2.05, 4.69) is 0 Å². The van der Waals surface area contributed by atoms with Crippen LogP contribution < -0.4 is 0 Å². The van der Waals surface area contributed by atoms with Gasteiger partial charge in [0.2, 0.25) is 0 Å². The van der Waals surface area contributed by atoms with Crippen molar-refractivity contribution in [3.63, 3.8) is 0 Å². The van der Waals surface area contributed by atoms with E-state index in [1.807, 2.05) is 13.8 Å². The quantitative estimate of drug-likeness (QED) is 0.512. The Balaban J connectivity index is 2.05. The first-order chi connectivity index (χ1) is 8.77. The van der Waals surface area contributed by atoms with Gasteiger partial charge in [0.05, 0.1) is 17.6 Å². The molecule has 4 heteroatoms. The molecule has 1 saturated heterocycles. The van der Waals surface area contributed by atoms with Crippen LogP contribution in [0, 0.1) is 23.2 Å². The molecule has 2 fully saturated rings. The summed E-state index contributed by atoms with van der Waals surface area (Å²) in [5.41, 5.74) is -1.47. The van der Waals surface area contributed by atoms with Crippen LogP contribution >= 0.6 is 0 Å². The number of ether oxygens (including phenoxy) is 1. The van der Waals surface area contributed by atoms with Gasteiger partial charge in [0.25, 0.3) is 0 Å². The van der Waals surface area contributed by atoms with Crippen molar-refractivity contribution in [2.45, 2.75) is 51.4 Å². The Kier molecular flexibility index (Phi) is 2.64. The number of rotatable bonds is 0. The largest absolute Gasteiger partial charge is 0.461 e. The maximum absolute atomic E-state index is 11.8. The van der Waals surface area contributed by atoms with Crippen molar-refractivity contribution in [1.82, 2.24) is 0 Å². The molecule has 1 heterocycles. The fraction of sp³-hybridized carbons (Fsp3) is 0.800. The maximum atomic E-state index is 11.8. The van der Waals surface area contributed by atoms with Gasteiger partial charge in [0, 0.05) is 17.3 Å². The van der Waals surface area contributed by atoms with Crippen LogP contribution in [0.2, 0.25) is 0 Å². The fourth-order valence-electron chi connectivity index (χ4n) is 4.47. The Bertz CT molecular complexity index is 441. The average molecular weight is 266 g/mol. The fourth-order valence-corrected chi connectivity index (χ4v) is 4.47. The summed E-state index contributed by atoms with van der Waals surface area (Å²) in [6.07, 6.45) is 4.14. The molecule has 1 saturated carbocycles. The van der Waals surface area contributed by atoms with E-state index in [-0.39, 0.29) is 29.8 Å². The minimum absolute atomic E-state index is 0.103. The summed E-state index contributed by atoms with van der Waals surface area (Å²) in [6.45, 7) is 5.64. The van der Waals surface area contributed by atoms with Crippen LogP contribution in [0.5, 0.6) is 0 Å². The number of aliphatic hydroxyl groups is 2. The van der Waals surface area contributed by atoms with Gasteiger partial charge in [-0.3, -0.25) is 4.79 Å². The molecule has 0 amide bonds. The van der Waals surface area contributed by atoms with Crippen LogP contribution in [-0.4, -0.2) is 34.0 Å². The van der Waals surface area contributed by atoms with Crippen molar-refractivity contribution in [2.24, 2.45) is 23.2 Å². The van der Waals surface area contributed by atoms with Crippen molar-refractivity contribution in [2.75, 3.05) is 0 Å². The SMILES string of the molecule is CC1C(=O)OC2C1CCC1(C)C(O)C=CC(C)(O)C21. The molecular weight excluding hydrogens is 244 g/mol. The molecule has 0 aromatic heterocycles. The van der Waals surface area contributed by atoms with Gasteiger partial charge in [-0.2, -0.15) is 0 Å². The number of hydrogen-bond acceptors (Lipinski definition) is 4. The van der Waals surface area contributed by atoms with Crippen LogP contribution in [0.3, 0.4) is 0 Å². The normalized spacial score (nSPS) is 56.5. The van der Waals surface area contributed by atoms with E-state index in [4.69, 9.17) is 4.74 Å². The highest BCUT2D eigenvalue weighted by Crippen LogP contribution is 2.57. The first kappa shape index (κ1) is 13.1. The second kappa shape index (κ2) is 3.83. The lowest BCUT2D eigenvalue weighted by Crippen LogP contribution is -2.60. The summed E-state index contributed by atoms with van der Waals surface area (Å²) >= 11 is 0. The molecule has 7 unspecified atom stereocenters. The predicted octanol–water partition coefficient (Wildman–Crippen LogP) is 1.26. The number of carbonyl (C=O) groups excluding carboxylic acids is 1. The van der Waals surface area contributed by atoms with Gasteiger partial charge in [-0.05, 0) is 19.8 Å². The Morgan fingerprint density at radius 2 is 2.11 bits per heavy atom. The third kappa shape index (κ3) is 1.62. The molecule has 0 spiro atoms. The molecule has 106 valence electrons. The molecule has 1 aliphatic heterocycles. The molecule has 2 N–H and O–H groups in total. The standard InChI is InChI=1S/C15H22O4/c1-8-9-4-6-14(2)10(16)5-7-15(3,18)12(14)11(9)19-13(8)17/h5,7-12,16,18H,4,6H2,1-3H3. The number of aliphatic hydroxyl groups excluding tert-OH is 1. The van der Waals surface area contributed by atoms with Crippen LogP contribution in [0.15, 0.2) is 12.2 Å². The highest BCUT2D eigenvalue weighted by molar-refractivity contribution is 5.75. The van der Waals surface area contributed by atoms with Gasteiger partial charge in [0.15, 0.2) is 0 Å².